The van der Waals surface area contributed by atoms with Gasteiger partial charge in [-0.15, -0.1) is 0 Å². The molecule has 6 rings (SSSR count). The average Bonchev–Trinajstić information content (AvgIpc) is 3.58. The first kappa shape index (κ1) is 25.8. The number of rotatable bonds is 6. The number of thiazole rings is 1. The van der Waals surface area contributed by atoms with Crippen molar-refractivity contribution in [1.82, 2.24) is 4.57 Å². The Labute approximate surface area is 238 Å². The first-order valence-electron chi connectivity index (χ1n) is 12.7. The molecule has 8 heteroatoms. The van der Waals surface area contributed by atoms with Crippen LogP contribution in [0.2, 0.25) is 5.02 Å². The highest BCUT2D eigenvalue weighted by atomic mass is 35.5. The zero-order valence-corrected chi connectivity index (χ0v) is 23.0. The third kappa shape index (κ3) is 4.85. The van der Waals surface area contributed by atoms with Gasteiger partial charge in [-0.1, -0.05) is 83.6 Å². The first-order chi connectivity index (χ1) is 19.5. The molecule has 0 amide bonds. The van der Waals surface area contributed by atoms with Crippen molar-refractivity contribution in [3.8, 4) is 11.3 Å². The Morgan fingerprint density at radius 3 is 2.38 bits per heavy atom. The van der Waals surface area contributed by atoms with Gasteiger partial charge in [-0.05, 0) is 48.9 Å². The topological polar surface area (TPSA) is 73.8 Å². The normalized spacial score (nSPS) is 15.1. The van der Waals surface area contributed by atoms with Crippen LogP contribution in [0.3, 0.4) is 0 Å². The molecule has 40 heavy (non-hydrogen) atoms. The van der Waals surface area contributed by atoms with Gasteiger partial charge in [0.25, 0.3) is 5.56 Å². The lowest BCUT2D eigenvalue weighted by atomic mass is 9.93. The van der Waals surface area contributed by atoms with Gasteiger partial charge in [0.1, 0.15) is 11.5 Å². The summed E-state index contributed by atoms with van der Waals surface area (Å²) < 4.78 is 13.5. The minimum Gasteiger partial charge on any atom is -0.463 e. The SMILES string of the molecule is CCOC(=O)C1=C(c2ccccc2)N=c2s/c(=C\c3ccc(-c4ccc(Cl)cc4)o3)c(=O)n2C1c1ccccc1. The van der Waals surface area contributed by atoms with Crippen LogP contribution in [0, 0.1) is 0 Å². The summed E-state index contributed by atoms with van der Waals surface area (Å²) in [5.41, 5.74) is 2.97. The second-order valence-corrected chi connectivity index (χ2v) is 10.5. The van der Waals surface area contributed by atoms with Crippen LogP contribution >= 0.6 is 22.9 Å². The fourth-order valence-corrected chi connectivity index (χ4v) is 5.83. The summed E-state index contributed by atoms with van der Waals surface area (Å²) in [4.78, 5) is 32.7. The number of halogens is 1. The molecule has 6 nitrogen and oxygen atoms in total. The smallest absolute Gasteiger partial charge is 0.338 e. The van der Waals surface area contributed by atoms with Crippen LogP contribution in [0.1, 0.15) is 29.9 Å². The lowest BCUT2D eigenvalue weighted by Gasteiger charge is -2.25. The fourth-order valence-electron chi connectivity index (χ4n) is 4.72. The number of furan rings is 1. The molecule has 0 radical (unpaired) electrons. The van der Waals surface area contributed by atoms with E-state index < -0.39 is 12.0 Å². The molecule has 0 bridgehead atoms. The van der Waals surface area contributed by atoms with E-state index in [4.69, 9.17) is 25.7 Å². The molecular weight excluding hydrogens is 544 g/mol. The predicted octanol–water partition coefficient (Wildman–Crippen LogP) is 5.85. The number of hydrogen-bond acceptors (Lipinski definition) is 6. The highest BCUT2D eigenvalue weighted by Gasteiger charge is 2.35. The summed E-state index contributed by atoms with van der Waals surface area (Å²) in [5, 5.41) is 0.640. The highest BCUT2D eigenvalue weighted by Crippen LogP contribution is 2.35. The summed E-state index contributed by atoms with van der Waals surface area (Å²) in [6.07, 6.45) is 1.71. The Morgan fingerprint density at radius 1 is 0.975 bits per heavy atom. The van der Waals surface area contributed by atoms with Crippen molar-refractivity contribution in [2.75, 3.05) is 6.61 Å². The minimum absolute atomic E-state index is 0.199. The minimum atomic E-state index is -0.713. The van der Waals surface area contributed by atoms with Gasteiger partial charge in [0.15, 0.2) is 4.80 Å². The number of fused-ring (bicyclic) bond motifs is 1. The van der Waals surface area contributed by atoms with Crippen molar-refractivity contribution in [3.05, 3.63) is 144 Å². The maximum absolute atomic E-state index is 13.9. The molecule has 3 aromatic carbocycles. The number of carbonyl (C=O) groups excluding carboxylic acids is 1. The van der Waals surface area contributed by atoms with Gasteiger partial charge in [-0.2, -0.15) is 0 Å². The second-order valence-electron chi connectivity index (χ2n) is 9.05. The Bertz CT molecular complexity index is 1900. The van der Waals surface area contributed by atoms with Crippen molar-refractivity contribution in [2.24, 2.45) is 4.99 Å². The summed E-state index contributed by atoms with van der Waals surface area (Å²) in [6, 6.07) is 29.3. The van der Waals surface area contributed by atoms with E-state index in [0.29, 0.717) is 37.1 Å². The van der Waals surface area contributed by atoms with Crippen LogP contribution in [-0.4, -0.2) is 17.1 Å². The predicted molar refractivity (Wildman–Crippen MR) is 157 cm³/mol. The molecular formula is C32H23ClN2O4S. The monoisotopic (exact) mass is 566 g/mol. The molecule has 1 aliphatic rings. The zero-order valence-electron chi connectivity index (χ0n) is 21.4. The molecule has 1 aliphatic heterocycles. The van der Waals surface area contributed by atoms with Crippen LogP contribution in [0.15, 0.2) is 117 Å². The molecule has 1 atom stereocenters. The van der Waals surface area contributed by atoms with Crippen molar-refractivity contribution in [3.63, 3.8) is 0 Å². The van der Waals surface area contributed by atoms with E-state index in [1.165, 1.54) is 11.3 Å². The van der Waals surface area contributed by atoms with Crippen LogP contribution in [0.25, 0.3) is 23.1 Å². The number of ether oxygens (including phenoxy) is 1. The van der Waals surface area contributed by atoms with Crippen LogP contribution < -0.4 is 14.9 Å². The van der Waals surface area contributed by atoms with Crippen molar-refractivity contribution in [1.29, 1.82) is 0 Å². The molecule has 0 saturated carbocycles. The van der Waals surface area contributed by atoms with Crippen LogP contribution in [0.4, 0.5) is 0 Å². The summed E-state index contributed by atoms with van der Waals surface area (Å²) in [7, 11) is 0. The Morgan fingerprint density at radius 2 is 1.68 bits per heavy atom. The van der Waals surface area contributed by atoms with E-state index in [-0.39, 0.29) is 12.2 Å². The van der Waals surface area contributed by atoms with E-state index >= 15 is 0 Å². The van der Waals surface area contributed by atoms with Crippen LogP contribution in [-0.2, 0) is 9.53 Å². The van der Waals surface area contributed by atoms with Gasteiger partial charge in [-0.25, -0.2) is 9.79 Å². The lowest BCUT2D eigenvalue weighted by molar-refractivity contribution is -0.138. The molecule has 0 spiro atoms. The molecule has 5 aromatic rings. The average molecular weight is 567 g/mol. The number of hydrogen-bond donors (Lipinski definition) is 0. The molecule has 198 valence electrons. The van der Waals surface area contributed by atoms with Gasteiger partial charge in [0.2, 0.25) is 0 Å². The number of benzene rings is 3. The Kier molecular flexibility index (Phi) is 7.07. The third-order valence-electron chi connectivity index (χ3n) is 6.52. The fraction of sp³-hybridized carbons (Fsp3) is 0.0938. The number of esters is 1. The van der Waals surface area contributed by atoms with Gasteiger partial charge < -0.3 is 9.15 Å². The molecule has 0 N–H and O–H groups in total. The van der Waals surface area contributed by atoms with Gasteiger partial charge in [0.05, 0.1) is 28.5 Å². The zero-order chi connectivity index (χ0) is 27.6. The first-order valence-corrected chi connectivity index (χ1v) is 13.9. The van der Waals surface area contributed by atoms with Gasteiger partial charge in [0, 0.05) is 22.2 Å². The molecule has 2 aromatic heterocycles. The van der Waals surface area contributed by atoms with Crippen molar-refractivity contribution < 1.29 is 13.9 Å². The summed E-state index contributed by atoms with van der Waals surface area (Å²) in [6.45, 7) is 1.96. The van der Waals surface area contributed by atoms with Gasteiger partial charge in [-0.3, -0.25) is 9.36 Å². The molecule has 1 unspecified atom stereocenters. The Balaban J connectivity index is 1.55. The molecule has 0 fully saturated rings. The standard InChI is InChI=1S/C32H23ClN2O4S/c1-2-38-31(37)27-28(21-9-5-3-6-10-21)34-32-35(29(27)22-11-7-4-8-12-22)30(36)26(40-32)19-24-17-18-25(39-24)20-13-15-23(33)16-14-20/h3-19,29H,2H2,1H3/b26-19-. The lowest BCUT2D eigenvalue weighted by Crippen LogP contribution is -2.39. The van der Waals surface area contributed by atoms with Crippen molar-refractivity contribution in [2.45, 2.75) is 13.0 Å². The van der Waals surface area contributed by atoms with Gasteiger partial charge >= 0.3 is 5.97 Å². The number of nitrogens with zero attached hydrogens (tertiary/aromatic N) is 2. The highest BCUT2D eigenvalue weighted by molar-refractivity contribution is 7.07. The van der Waals surface area contributed by atoms with Crippen molar-refractivity contribution >= 4 is 40.7 Å². The molecule has 3 heterocycles. The quantitative estimate of drug-likeness (QED) is 0.242. The molecule has 0 saturated heterocycles. The van der Waals surface area contributed by atoms with E-state index in [9.17, 15) is 9.59 Å². The maximum atomic E-state index is 13.9. The number of aromatic nitrogens is 1. The largest absolute Gasteiger partial charge is 0.463 e. The maximum Gasteiger partial charge on any atom is 0.338 e. The Hall–Kier alpha value is -4.46. The summed E-state index contributed by atoms with van der Waals surface area (Å²) >= 11 is 7.27. The van der Waals surface area contributed by atoms with E-state index in [0.717, 1.165) is 16.7 Å². The van der Waals surface area contributed by atoms with E-state index in [1.807, 2.05) is 84.9 Å². The third-order valence-corrected chi connectivity index (χ3v) is 7.75. The van der Waals surface area contributed by atoms with Crippen LogP contribution in [0.5, 0.6) is 0 Å². The molecule has 0 aliphatic carbocycles. The second kappa shape index (κ2) is 11.0. The van der Waals surface area contributed by atoms with E-state index in [2.05, 4.69) is 0 Å². The number of carbonyl (C=O) groups is 1. The summed E-state index contributed by atoms with van der Waals surface area (Å²) in [5.74, 6) is 0.681. The van der Waals surface area contributed by atoms with E-state index in [1.54, 1.807) is 29.7 Å².